The Morgan fingerprint density at radius 1 is 1.03 bits per heavy atom. The van der Waals surface area contributed by atoms with E-state index in [1.165, 1.54) is 19.2 Å². The Kier molecular flexibility index (Phi) is 6.33. The number of hydrogen-bond donors (Lipinski definition) is 1. The molecule has 1 aliphatic rings. The summed E-state index contributed by atoms with van der Waals surface area (Å²) in [6.07, 6.45) is 3.48. The van der Waals surface area contributed by atoms with Crippen molar-refractivity contribution in [2.45, 2.75) is 4.90 Å². The molecule has 0 spiro atoms. The quantitative estimate of drug-likeness (QED) is 0.424. The molecule has 0 saturated carbocycles. The van der Waals surface area contributed by atoms with Crippen molar-refractivity contribution in [3.05, 3.63) is 72.7 Å². The molecule has 2 aromatic heterocycles. The van der Waals surface area contributed by atoms with E-state index in [0.717, 1.165) is 42.9 Å². The molecular formula is C25H26N6O4S. The third-order valence-corrected chi connectivity index (χ3v) is 7.60. The van der Waals surface area contributed by atoms with Gasteiger partial charge in [0.25, 0.3) is 15.9 Å². The van der Waals surface area contributed by atoms with Crippen molar-refractivity contribution in [1.82, 2.24) is 24.4 Å². The van der Waals surface area contributed by atoms with Gasteiger partial charge in [0, 0.05) is 55.7 Å². The van der Waals surface area contributed by atoms with Crippen molar-refractivity contribution in [2.75, 3.05) is 45.2 Å². The molecular weight excluding hydrogens is 480 g/mol. The molecule has 0 bridgehead atoms. The third-order valence-electron chi connectivity index (χ3n) is 6.22. The number of pyridine rings is 1. The van der Waals surface area contributed by atoms with Crippen LogP contribution in [0.25, 0.3) is 16.6 Å². The Balaban J connectivity index is 1.39. The number of nitrogens with one attached hydrogen (secondary N) is 1. The average Bonchev–Trinajstić information content (AvgIpc) is 3.42. The van der Waals surface area contributed by atoms with Gasteiger partial charge in [0.05, 0.1) is 18.3 Å². The monoisotopic (exact) mass is 506 g/mol. The second-order valence-corrected chi connectivity index (χ2v) is 10.2. The van der Waals surface area contributed by atoms with Gasteiger partial charge in [-0.3, -0.25) is 4.79 Å². The lowest BCUT2D eigenvalue weighted by molar-refractivity contribution is 0.0977. The highest BCUT2D eigenvalue weighted by molar-refractivity contribution is 7.90. The molecule has 0 unspecified atom stereocenters. The molecule has 0 aliphatic carbocycles. The first-order chi connectivity index (χ1) is 17.4. The number of rotatable bonds is 6. The zero-order valence-corrected chi connectivity index (χ0v) is 20.8. The summed E-state index contributed by atoms with van der Waals surface area (Å²) in [6, 6.07) is 15.4. The Hall–Kier alpha value is -3.96. The van der Waals surface area contributed by atoms with Crippen molar-refractivity contribution < 1.29 is 17.9 Å². The first-order valence-electron chi connectivity index (χ1n) is 11.4. The summed E-state index contributed by atoms with van der Waals surface area (Å²) >= 11 is 0. The SMILES string of the molecule is COc1cc(N2CCN(C)CC2)ccc1S(=O)(=O)NC(=O)c1ccc2c(-n3cccn3)cccc2n1. The maximum atomic E-state index is 13.1. The number of hydrogen-bond acceptors (Lipinski definition) is 8. The van der Waals surface area contributed by atoms with Crippen LogP contribution in [0.1, 0.15) is 10.5 Å². The number of carbonyl (C=O) groups is 1. The van der Waals surface area contributed by atoms with E-state index in [9.17, 15) is 13.2 Å². The summed E-state index contributed by atoms with van der Waals surface area (Å²) in [4.78, 5) is 21.6. The first-order valence-corrected chi connectivity index (χ1v) is 12.9. The predicted molar refractivity (Wildman–Crippen MR) is 136 cm³/mol. The van der Waals surface area contributed by atoms with Gasteiger partial charge in [-0.1, -0.05) is 6.07 Å². The number of anilines is 1. The number of carbonyl (C=O) groups excluding carboxylic acids is 1. The lowest BCUT2D eigenvalue weighted by Crippen LogP contribution is -2.44. The van der Waals surface area contributed by atoms with Gasteiger partial charge >= 0.3 is 0 Å². The summed E-state index contributed by atoms with van der Waals surface area (Å²) in [6.45, 7) is 3.50. The van der Waals surface area contributed by atoms with E-state index in [-0.39, 0.29) is 16.3 Å². The summed E-state index contributed by atoms with van der Waals surface area (Å²) in [7, 11) is -0.732. The lowest BCUT2D eigenvalue weighted by atomic mass is 10.1. The van der Waals surface area contributed by atoms with Gasteiger partial charge in [0.15, 0.2) is 0 Å². The van der Waals surface area contributed by atoms with Crippen LogP contribution in [0.3, 0.4) is 0 Å². The van der Waals surface area contributed by atoms with E-state index in [4.69, 9.17) is 4.74 Å². The molecule has 1 saturated heterocycles. The van der Waals surface area contributed by atoms with E-state index in [1.807, 2.05) is 18.3 Å². The molecule has 1 fully saturated rings. The number of aromatic nitrogens is 3. The minimum Gasteiger partial charge on any atom is -0.495 e. The number of methoxy groups -OCH3 is 1. The summed E-state index contributed by atoms with van der Waals surface area (Å²) in [5.74, 6) is -0.659. The molecule has 1 amide bonds. The number of sulfonamides is 1. The normalized spacial score (nSPS) is 14.7. The Morgan fingerprint density at radius 3 is 2.56 bits per heavy atom. The maximum absolute atomic E-state index is 13.1. The molecule has 11 heteroatoms. The van der Waals surface area contributed by atoms with E-state index >= 15 is 0 Å². The molecule has 2 aromatic carbocycles. The van der Waals surface area contributed by atoms with Gasteiger partial charge in [0.1, 0.15) is 16.3 Å². The van der Waals surface area contributed by atoms with Crippen molar-refractivity contribution in [2.24, 2.45) is 0 Å². The van der Waals surface area contributed by atoms with Crippen molar-refractivity contribution in [3.8, 4) is 11.4 Å². The number of fused-ring (bicyclic) bond motifs is 1. The Morgan fingerprint density at radius 2 is 1.83 bits per heavy atom. The lowest BCUT2D eigenvalue weighted by Gasteiger charge is -2.34. The fourth-order valence-corrected chi connectivity index (χ4v) is 5.36. The van der Waals surface area contributed by atoms with Crippen LogP contribution in [0.5, 0.6) is 5.75 Å². The largest absolute Gasteiger partial charge is 0.495 e. The number of piperazine rings is 1. The minimum atomic E-state index is -4.21. The second kappa shape index (κ2) is 9.59. The fraction of sp³-hybridized carbons (Fsp3) is 0.240. The van der Waals surface area contributed by atoms with Gasteiger partial charge in [-0.05, 0) is 49.5 Å². The van der Waals surface area contributed by atoms with Crippen molar-refractivity contribution >= 4 is 32.5 Å². The van der Waals surface area contributed by atoms with Crippen molar-refractivity contribution in [1.29, 1.82) is 0 Å². The number of benzene rings is 2. The molecule has 0 atom stereocenters. The van der Waals surface area contributed by atoms with Gasteiger partial charge in [-0.15, -0.1) is 0 Å². The molecule has 0 radical (unpaired) electrons. The van der Waals surface area contributed by atoms with Gasteiger partial charge in [-0.25, -0.2) is 22.8 Å². The molecule has 1 N–H and O–H groups in total. The van der Waals surface area contributed by atoms with Crippen LogP contribution in [-0.2, 0) is 10.0 Å². The zero-order chi connectivity index (χ0) is 25.3. The average molecular weight is 507 g/mol. The Labute approximate surface area is 209 Å². The van der Waals surface area contributed by atoms with Crippen LogP contribution >= 0.6 is 0 Å². The standard InChI is InChI=1S/C25H26N6O4S/c1-29-13-15-30(16-14-29)18-7-10-24(23(17-18)35-2)36(33,34)28-25(32)21-9-8-19-20(27-21)5-3-6-22(19)31-12-4-11-26-31/h3-12,17H,13-16H2,1-2H3,(H,28,32). The van der Waals surface area contributed by atoms with Crippen LogP contribution in [0.15, 0.2) is 71.9 Å². The zero-order valence-electron chi connectivity index (χ0n) is 20.0. The molecule has 5 rings (SSSR count). The second-order valence-electron chi connectivity index (χ2n) is 8.55. The van der Waals surface area contributed by atoms with Gasteiger partial charge < -0.3 is 14.5 Å². The topological polar surface area (TPSA) is 110 Å². The molecule has 186 valence electrons. The number of ether oxygens (including phenoxy) is 1. The van der Waals surface area contributed by atoms with Crippen LogP contribution in [0.2, 0.25) is 0 Å². The van der Waals surface area contributed by atoms with Crippen LogP contribution in [0.4, 0.5) is 5.69 Å². The minimum absolute atomic E-state index is 0.0169. The maximum Gasteiger partial charge on any atom is 0.283 e. The number of amides is 1. The first kappa shape index (κ1) is 23.8. The highest BCUT2D eigenvalue weighted by Crippen LogP contribution is 2.30. The predicted octanol–water partition coefficient (Wildman–Crippen LogP) is 2.30. The third kappa shape index (κ3) is 4.62. The van der Waals surface area contributed by atoms with Gasteiger partial charge in [-0.2, -0.15) is 5.10 Å². The van der Waals surface area contributed by atoms with Crippen LogP contribution in [0, 0.1) is 0 Å². The fourth-order valence-electron chi connectivity index (χ4n) is 4.25. The molecule has 36 heavy (non-hydrogen) atoms. The van der Waals surface area contributed by atoms with Crippen LogP contribution < -0.4 is 14.4 Å². The van der Waals surface area contributed by atoms with Crippen LogP contribution in [-0.4, -0.2) is 74.3 Å². The molecule has 3 heterocycles. The number of nitrogens with zero attached hydrogens (tertiary/aromatic N) is 5. The Bertz CT molecular complexity index is 1510. The molecule has 10 nitrogen and oxygen atoms in total. The van der Waals surface area contributed by atoms with E-state index in [0.29, 0.717) is 5.52 Å². The summed E-state index contributed by atoms with van der Waals surface area (Å²) in [5.41, 5.74) is 2.20. The van der Waals surface area contributed by atoms with E-state index in [1.54, 1.807) is 41.2 Å². The highest BCUT2D eigenvalue weighted by atomic mass is 32.2. The van der Waals surface area contributed by atoms with Gasteiger partial charge in [0.2, 0.25) is 0 Å². The molecule has 4 aromatic rings. The molecule has 1 aliphatic heterocycles. The highest BCUT2D eigenvalue weighted by Gasteiger charge is 2.25. The van der Waals surface area contributed by atoms with E-state index < -0.39 is 15.9 Å². The van der Waals surface area contributed by atoms with E-state index in [2.05, 4.69) is 31.7 Å². The summed E-state index contributed by atoms with van der Waals surface area (Å²) in [5, 5.41) is 5.02. The smallest absolute Gasteiger partial charge is 0.283 e. The summed E-state index contributed by atoms with van der Waals surface area (Å²) < 4.78 is 35.5. The van der Waals surface area contributed by atoms with Crippen molar-refractivity contribution in [3.63, 3.8) is 0 Å². The number of likely N-dealkylation sites (N-methyl/N-ethyl adjacent to an activating group) is 1.